The second-order valence-corrected chi connectivity index (χ2v) is 9.10. The van der Waals surface area contributed by atoms with Gasteiger partial charge in [-0.25, -0.2) is 15.0 Å². The molecular formula is C27H26N8O. The van der Waals surface area contributed by atoms with Crippen molar-refractivity contribution in [3.05, 3.63) is 83.6 Å². The lowest BCUT2D eigenvalue weighted by molar-refractivity contribution is 0.343. The van der Waals surface area contributed by atoms with Gasteiger partial charge in [0.1, 0.15) is 12.1 Å². The summed E-state index contributed by atoms with van der Waals surface area (Å²) in [6.07, 6.45) is 12.8. The summed E-state index contributed by atoms with van der Waals surface area (Å²) in [5.74, 6) is 0.485. The Morgan fingerprint density at radius 2 is 1.86 bits per heavy atom. The van der Waals surface area contributed by atoms with E-state index in [2.05, 4.69) is 60.6 Å². The highest BCUT2D eigenvalue weighted by Gasteiger charge is 2.17. The van der Waals surface area contributed by atoms with Gasteiger partial charge in [-0.1, -0.05) is 6.07 Å². The zero-order chi connectivity index (χ0) is 24.5. The average molecular weight is 479 g/mol. The summed E-state index contributed by atoms with van der Waals surface area (Å²) in [5.41, 5.74) is 5.46. The van der Waals surface area contributed by atoms with E-state index in [-0.39, 0.29) is 5.56 Å². The first-order valence-corrected chi connectivity index (χ1v) is 12.1. The predicted molar refractivity (Wildman–Crippen MR) is 140 cm³/mol. The topological polar surface area (TPSA) is 113 Å². The highest BCUT2D eigenvalue weighted by molar-refractivity contribution is 5.95. The zero-order valence-corrected chi connectivity index (χ0v) is 19.9. The first kappa shape index (κ1) is 22.1. The predicted octanol–water partition coefficient (Wildman–Crippen LogP) is 4.22. The van der Waals surface area contributed by atoms with Gasteiger partial charge in [0.15, 0.2) is 0 Å². The molecule has 5 heterocycles. The molecule has 0 unspecified atom stereocenters. The van der Waals surface area contributed by atoms with Crippen molar-refractivity contribution in [3.63, 3.8) is 0 Å². The number of aryl methyl sites for hydroxylation is 1. The van der Waals surface area contributed by atoms with Crippen LogP contribution in [0.3, 0.4) is 0 Å². The zero-order valence-electron chi connectivity index (χ0n) is 19.9. The number of aromatic amines is 1. The molecule has 9 nitrogen and oxygen atoms in total. The van der Waals surface area contributed by atoms with E-state index in [9.17, 15) is 4.79 Å². The Morgan fingerprint density at radius 3 is 2.67 bits per heavy atom. The SMILES string of the molecule is Cc1cc(Nc2nc(-c3cncnc3)cc3cc[nH]c(=O)c23)ccc1-c1cnn(C2CCNCC2)c1. The van der Waals surface area contributed by atoms with E-state index in [1.807, 2.05) is 24.4 Å². The molecule has 36 heavy (non-hydrogen) atoms. The van der Waals surface area contributed by atoms with Crippen molar-refractivity contribution in [3.8, 4) is 22.4 Å². The molecule has 1 saturated heterocycles. The normalized spacial score (nSPS) is 14.2. The van der Waals surface area contributed by atoms with Crippen LogP contribution in [-0.2, 0) is 0 Å². The van der Waals surface area contributed by atoms with Gasteiger partial charge in [0.25, 0.3) is 5.56 Å². The van der Waals surface area contributed by atoms with E-state index in [0.717, 1.165) is 59.3 Å². The number of nitrogens with zero attached hydrogens (tertiary/aromatic N) is 5. The Labute approximate surface area is 207 Å². The fourth-order valence-electron chi connectivity index (χ4n) is 4.83. The largest absolute Gasteiger partial charge is 0.340 e. The number of rotatable bonds is 5. The maximum atomic E-state index is 12.7. The summed E-state index contributed by atoms with van der Waals surface area (Å²) in [6.45, 7) is 4.14. The van der Waals surface area contributed by atoms with Crippen molar-refractivity contribution in [2.45, 2.75) is 25.8 Å². The monoisotopic (exact) mass is 478 g/mol. The number of pyridine rings is 2. The number of anilines is 2. The van der Waals surface area contributed by atoms with Gasteiger partial charge < -0.3 is 15.6 Å². The van der Waals surface area contributed by atoms with Gasteiger partial charge in [-0.3, -0.25) is 9.48 Å². The molecule has 1 aliphatic rings. The molecule has 0 bridgehead atoms. The Morgan fingerprint density at radius 1 is 1.03 bits per heavy atom. The van der Waals surface area contributed by atoms with Gasteiger partial charge in [-0.2, -0.15) is 5.10 Å². The maximum absolute atomic E-state index is 12.7. The molecule has 0 amide bonds. The lowest BCUT2D eigenvalue weighted by Crippen LogP contribution is -2.29. The Kier molecular flexibility index (Phi) is 5.74. The van der Waals surface area contributed by atoms with Crippen molar-refractivity contribution in [2.75, 3.05) is 18.4 Å². The molecule has 0 radical (unpaired) electrons. The number of aromatic nitrogens is 6. The van der Waals surface area contributed by atoms with Crippen LogP contribution in [0.15, 0.2) is 72.4 Å². The van der Waals surface area contributed by atoms with Gasteiger partial charge in [0.2, 0.25) is 0 Å². The number of piperidine rings is 1. The minimum absolute atomic E-state index is 0.197. The fraction of sp³-hybridized carbons (Fsp3) is 0.222. The van der Waals surface area contributed by atoms with Crippen LogP contribution in [0.5, 0.6) is 0 Å². The molecule has 180 valence electrons. The average Bonchev–Trinajstić information content (AvgIpc) is 3.40. The summed E-state index contributed by atoms with van der Waals surface area (Å²) in [6, 6.07) is 10.4. The summed E-state index contributed by atoms with van der Waals surface area (Å²) in [4.78, 5) is 28.4. The molecule has 0 saturated carbocycles. The summed E-state index contributed by atoms with van der Waals surface area (Å²) in [7, 11) is 0. The molecule has 0 spiro atoms. The molecule has 5 aromatic rings. The van der Waals surface area contributed by atoms with Gasteiger partial charge in [0, 0.05) is 41.6 Å². The van der Waals surface area contributed by atoms with Crippen LogP contribution >= 0.6 is 0 Å². The van der Waals surface area contributed by atoms with Crippen molar-refractivity contribution in [1.29, 1.82) is 0 Å². The van der Waals surface area contributed by atoms with E-state index < -0.39 is 0 Å². The van der Waals surface area contributed by atoms with Crippen LogP contribution in [0, 0.1) is 6.92 Å². The molecule has 1 aliphatic heterocycles. The number of fused-ring (bicyclic) bond motifs is 1. The van der Waals surface area contributed by atoms with Crippen LogP contribution < -0.4 is 16.2 Å². The van der Waals surface area contributed by atoms with Crippen molar-refractivity contribution in [1.82, 2.24) is 35.0 Å². The van der Waals surface area contributed by atoms with Gasteiger partial charge in [0.05, 0.1) is 23.3 Å². The van der Waals surface area contributed by atoms with E-state index in [1.54, 1.807) is 18.6 Å². The maximum Gasteiger partial charge on any atom is 0.259 e. The Bertz CT molecular complexity index is 1590. The van der Waals surface area contributed by atoms with E-state index in [4.69, 9.17) is 4.98 Å². The van der Waals surface area contributed by atoms with Gasteiger partial charge in [-0.15, -0.1) is 0 Å². The number of nitrogens with one attached hydrogen (secondary N) is 3. The first-order valence-electron chi connectivity index (χ1n) is 12.1. The van der Waals surface area contributed by atoms with Gasteiger partial charge >= 0.3 is 0 Å². The van der Waals surface area contributed by atoms with Crippen LogP contribution in [0.4, 0.5) is 11.5 Å². The molecular weight excluding hydrogens is 452 g/mol. The third kappa shape index (κ3) is 4.25. The smallest absolute Gasteiger partial charge is 0.259 e. The molecule has 1 fully saturated rings. The third-order valence-electron chi connectivity index (χ3n) is 6.70. The van der Waals surface area contributed by atoms with Crippen LogP contribution in [0.25, 0.3) is 33.2 Å². The van der Waals surface area contributed by atoms with Crippen molar-refractivity contribution < 1.29 is 0 Å². The minimum atomic E-state index is -0.197. The minimum Gasteiger partial charge on any atom is -0.340 e. The molecule has 4 aromatic heterocycles. The van der Waals surface area contributed by atoms with Crippen LogP contribution in [-0.4, -0.2) is 42.8 Å². The fourth-order valence-corrected chi connectivity index (χ4v) is 4.83. The lowest BCUT2D eigenvalue weighted by atomic mass is 10.0. The standard InChI is InChI=1S/C27H26N8O/c1-17-10-21(2-3-23(17)20-14-32-35(15-20)22-5-7-28-8-6-22)33-26-25-18(4-9-31-27(25)36)11-24(34-26)19-12-29-16-30-13-19/h2-4,9-16,22,28H,5-8H2,1H3,(H,31,36)(H,33,34). The van der Waals surface area contributed by atoms with E-state index >= 15 is 0 Å². The Hall–Kier alpha value is -4.37. The molecule has 1 aromatic carbocycles. The van der Waals surface area contributed by atoms with Crippen molar-refractivity contribution >= 4 is 22.3 Å². The summed E-state index contributed by atoms with van der Waals surface area (Å²) >= 11 is 0. The van der Waals surface area contributed by atoms with Crippen molar-refractivity contribution in [2.24, 2.45) is 0 Å². The number of hydrogen-bond acceptors (Lipinski definition) is 7. The first-order chi connectivity index (χ1) is 17.7. The molecule has 3 N–H and O–H groups in total. The summed E-state index contributed by atoms with van der Waals surface area (Å²) < 4.78 is 2.10. The highest BCUT2D eigenvalue weighted by atomic mass is 16.1. The third-order valence-corrected chi connectivity index (χ3v) is 6.70. The summed E-state index contributed by atoms with van der Waals surface area (Å²) in [5, 5.41) is 12.7. The number of benzene rings is 1. The van der Waals surface area contributed by atoms with Gasteiger partial charge in [-0.05, 0) is 73.6 Å². The van der Waals surface area contributed by atoms with Crippen LogP contribution in [0.2, 0.25) is 0 Å². The molecule has 0 atom stereocenters. The second kappa shape index (κ2) is 9.35. The van der Waals surface area contributed by atoms with Crippen LogP contribution in [0.1, 0.15) is 24.4 Å². The highest BCUT2D eigenvalue weighted by Crippen LogP contribution is 2.31. The molecule has 6 rings (SSSR count). The quantitative estimate of drug-likeness (QED) is 0.347. The lowest BCUT2D eigenvalue weighted by Gasteiger charge is -2.22. The second-order valence-electron chi connectivity index (χ2n) is 9.10. The van der Waals surface area contributed by atoms with E-state index in [1.165, 1.54) is 6.33 Å². The molecule has 0 aliphatic carbocycles. The van der Waals surface area contributed by atoms with E-state index in [0.29, 0.717) is 22.9 Å². The number of hydrogen-bond donors (Lipinski definition) is 3. The Balaban J connectivity index is 1.34. The number of H-pyrrole nitrogens is 1. The molecule has 9 heteroatoms.